The summed E-state index contributed by atoms with van der Waals surface area (Å²) in [5.74, 6) is 0.258. The van der Waals surface area contributed by atoms with Gasteiger partial charge in [0.25, 0.3) is 0 Å². The number of amides is 1. The Labute approximate surface area is 197 Å². The predicted octanol–water partition coefficient (Wildman–Crippen LogP) is 5.51. The van der Waals surface area contributed by atoms with E-state index >= 15 is 0 Å². The Bertz CT molecular complexity index is 921. The van der Waals surface area contributed by atoms with Gasteiger partial charge < -0.3 is 21.1 Å². The van der Waals surface area contributed by atoms with Gasteiger partial charge in [-0.2, -0.15) is 0 Å². The van der Waals surface area contributed by atoms with E-state index in [1.54, 1.807) is 0 Å². The summed E-state index contributed by atoms with van der Waals surface area (Å²) in [7, 11) is 0. The first-order chi connectivity index (χ1) is 16.2. The molecule has 1 aliphatic heterocycles. The molecule has 33 heavy (non-hydrogen) atoms. The molecule has 4 N–H and O–H groups in total. The second-order valence-corrected chi connectivity index (χ2v) is 10.2. The number of carbonyl (C=O) groups is 1. The normalized spacial score (nSPS) is 21.5. The maximum Gasteiger partial charge on any atom is 0.228 e. The maximum absolute atomic E-state index is 14.1. The van der Waals surface area contributed by atoms with E-state index in [0.717, 1.165) is 48.2 Å². The molecule has 2 aromatic rings. The van der Waals surface area contributed by atoms with Gasteiger partial charge in [-0.1, -0.05) is 74.9 Å². The average Bonchev–Trinajstić information content (AvgIpc) is 3.25. The van der Waals surface area contributed by atoms with E-state index in [-0.39, 0.29) is 24.5 Å². The van der Waals surface area contributed by atoms with Crippen molar-refractivity contribution >= 4 is 17.3 Å². The molecule has 2 fully saturated rings. The zero-order valence-electron chi connectivity index (χ0n) is 19.5. The highest BCUT2D eigenvalue weighted by Crippen LogP contribution is 2.48. The Morgan fingerprint density at radius 1 is 0.879 bits per heavy atom. The number of hydrogen-bond acceptors (Lipinski definition) is 4. The van der Waals surface area contributed by atoms with E-state index in [0.29, 0.717) is 5.92 Å². The number of nitrogens with one attached hydrogen (secondary N) is 3. The molecular weight excluding hydrogens is 410 g/mol. The van der Waals surface area contributed by atoms with Crippen LogP contribution in [0.2, 0.25) is 0 Å². The number of anilines is 2. The molecule has 0 saturated heterocycles. The molecule has 5 rings (SSSR count). The number of carbonyl (C=O) groups excluding carboxylic acids is 1. The number of hydrogen-bond donors (Lipinski definition) is 4. The smallest absolute Gasteiger partial charge is 0.228 e. The summed E-state index contributed by atoms with van der Waals surface area (Å²) in [4.78, 5) is 14.1. The van der Waals surface area contributed by atoms with Gasteiger partial charge in [0.1, 0.15) is 5.66 Å². The fraction of sp³-hybridized carbons (Fsp3) is 0.536. The minimum absolute atomic E-state index is 0.0165. The fourth-order valence-corrected chi connectivity index (χ4v) is 6.28. The lowest BCUT2D eigenvalue weighted by molar-refractivity contribution is -0.130. The molecule has 0 unspecified atom stereocenters. The molecule has 0 radical (unpaired) electrons. The summed E-state index contributed by atoms with van der Waals surface area (Å²) in [5, 5.41) is 20.6. The summed E-state index contributed by atoms with van der Waals surface area (Å²) in [6.45, 7) is 0.0165. The molecule has 2 saturated carbocycles. The topological polar surface area (TPSA) is 73.4 Å². The van der Waals surface area contributed by atoms with Crippen molar-refractivity contribution in [1.82, 2.24) is 5.32 Å². The average molecular weight is 448 g/mol. The summed E-state index contributed by atoms with van der Waals surface area (Å²) < 4.78 is 0. The molecule has 0 bridgehead atoms. The molecule has 5 nitrogen and oxygen atoms in total. The lowest BCUT2D eigenvalue weighted by Crippen LogP contribution is -2.56. The molecule has 2 aliphatic carbocycles. The molecule has 176 valence electrons. The van der Waals surface area contributed by atoms with Gasteiger partial charge in [0.2, 0.25) is 5.91 Å². The van der Waals surface area contributed by atoms with Gasteiger partial charge in [-0.3, -0.25) is 4.79 Å². The van der Waals surface area contributed by atoms with E-state index < -0.39 is 5.66 Å². The van der Waals surface area contributed by atoms with E-state index in [9.17, 15) is 9.90 Å². The number of aliphatic hydroxyl groups excluding tert-OH is 1. The van der Waals surface area contributed by atoms with Crippen LogP contribution in [0, 0.1) is 11.8 Å². The number of fused-ring (bicyclic) bond motifs is 1. The van der Waals surface area contributed by atoms with Crippen molar-refractivity contribution in [2.75, 3.05) is 10.6 Å². The number of benzene rings is 2. The summed E-state index contributed by atoms with van der Waals surface area (Å²) >= 11 is 0. The van der Waals surface area contributed by atoms with Crippen LogP contribution in [-0.4, -0.2) is 17.1 Å². The van der Waals surface area contributed by atoms with E-state index in [1.807, 2.05) is 24.3 Å². The highest BCUT2D eigenvalue weighted by atomic mass is 16.3. The number of para-hydroxylation sites is 2. The van der Waals surface area contributed by atoms with Gasteiger partial charge in [-0.15, -0.1) is 0 Å². The lowest BCUT2D eigenvalue weighted by Gasteiger charge is -2.44. The lowest BCUT2D eigenvalue weighted by atomic mass is 9.71. The molecule has 0 aromatic heterocycles. The standard InChI is InChI=1S/C28H37N3O2/c32-19-20-15-17-22(18-16-20)28(30-24-13-7-8-14-25(24)31-28)26(21-9-3-1-4-10-21)27(33)29-23-11-5-2-6-12-23/h7-8,13-18,21,23,26,30-32H,1-6,9-12,19H2,(H,29,33)/t26-/m1/s1. The van der Waals surface area contributed by atoms with Gasteiger partial charge in [0, 0.05) is 6.04 Å². The van der Waals surface area contributed by atoms with Crippen LogP contribution in [0.5, 0.6) is 0 Å². The third-order valence-corrected chi connectivity index (χ3v) is 8.00. The third kappa shape index (κ3) is 4.48. The monoisotopic (exact) mass is 447 g/mol. The molecular formula is C28H37N3O2. The molecule has 0 spiro atoms. The van der Waals surface area contributed by atoms with Crippen LogP contribution in [0.15, 0.2) is 48.5 Å². The minimum Gasteiger partial charge on any atom is -0.392 e. The Kier molecular flexibility index (Phi) is 6.59. The summed E-state index contributed by atoms with van der Waals surface area (Å²) in [5.41, 5.74) is 3.29. The quantitative estimate of drug-likeness (QED) is 0.471. The fourth-order valence-electron chi connectivity index (χ4n) is 6.28. The minimum atomic E-state index is -0.710. The Morgan fingerprint density at radius 2 is 1.45 bits per heavy atom. The van der Waals surface area contributed by atoms with Crippen LogP contribution in [0.4, 0.5) is 11.4 Å². The van der Waals surface area contributed by atoms with E-state index in [2.05, 4.69) is 40.2 Å². The van der Waals surface area contributed by atoms with Crippen LogP contribution < -0.4 is 16.0 Å². The molecule has 1 heterocycles. The summed E-state index contributed by atoms with van der Waals surface area (Å²) in [6, 6.07) is 16.6. The first-order valence-electron chi connectivity index (χ1n) is 12.9. The Hall–Kier alpha value is -2.53. The zero-order valence-corrected chi connectivity index (χ0v) is 19.5. The van der Waals surface area contributed by atoms with Crippen molar-refractivity contribution < 1.29 is 9.90 Å². The zero-order chi connectivity index (χ0) is 22.7. The molecule has 2 aromatic carbocycles. The van der Waals surface area contributed by atoms with Gasteiger partial charge in [0.15, 0.2) is 0 Å². The SMILES string of the molecule is O=C(NC1CCCCC1)[C@@H](C1CCCCC1)C1(c2ccc(CO)cc2)Nc2ccccc2N1. The number of rotatable bonds is 6. The van der Waals surface area contributed by atoms with Crippen molar-refractivity contribution in [1.29, 1.82) is 0 Å². The molecule has 1 amide bonds. The van der Waals surface area contributed by atoms with Gasteiger partial charge in [-0.05, 0) is 54.9 Å². The van der Waals surface area contributed by atoms with E-state index in [4.69, 9.17) is 0 Å². The van der Waals surface area contributed by atoms with Crippen LogP contribution >= 0.6 is 0 Å². The van der Waals surface area contributed by atoms with Crippen LogP contribution in [0.3, 0.4) is 0 Å². The highest BCUT2D eigenvalue weighted by Gasteiger charge is 2.52. The van der Waals surface area contributed by atoms with Gasteiger partial charge in [-0.25, -0.2) is 0 Å². The first-order valence-corrected chi connectivity index (χ1v) is 12.9. The number of aliphatic hydroxyl groups is 1. The summed E-state index contributed by atoms with van der Waals surface area (Å²) in [6.07, 6.45) is 11.6. The second-order valence-electron chi connectivity index (χ2n) is 10.2. The third-order valence-electron chi connectivity index (χ3n) is 8.00. The van der Waals surface area contributed by atoms with Gasteiger partial charge >= 0.3 is 0 Å². The highest BCUT2D eigenvalue weighted by molar-refractivity contribution is 5.86. The van der Waals surface area contributed by atoms with Crippen molar-refractivity contribution in [2.24, 2.45) is 11.8 Å². The molecule has 3 aliphatic rings. The Morgan fingerprint density at radius 3 is 2.03 bits per heavy atom. The largest absolute Gasteiger partial charge is 0.392 e. The molecule has 1 atom stereocenters. The Balaban J connectivity index is 1.55. The van der Waals surface area contributed by atoms with Gasteiger partial charge in [0.05, 0.1) is 23.9 Å². The van der Waals surface area contributed by atoms with E-state index in [1.165, 1.54) is 38.5 Å². The van der Waals surface area contributed by atoms with Crippen molar-refractivity contribution in [3.63, 3.8) is 0 Å². The van der Waals surface area contributed by atoms with Crippen molar-refractivity contribution in [2.45, 2.75) is 82.5 Å². The van der Waals surface area contributed by atoms with Crippen LogP contribution in [-0.2, 0) is 17.1 Å². The van der Waals surface area contributed by atoms with Crippen LogP contribution in [0.1, 0.15) is 75.3 Å². The predicted molar refractivity (Wildman–Crippen MR) is 133 cm³/mol. The first kappa shape index (κ1) is 22.3. The second kappa shape index (κ2) is 9.76. The molecule has 5 heteroatoms. The van der Waals surface area contributed by atoms with Crippen LogP contribution in [0.25, 0.3) is 0 Å². The van der Waals surface area contributed by atoms with Crippen molar-refractivity contribution in [3.05, 3.63) is 59.7 Å². The van der Waals surface area contributed by atoms with Crippen molar-refractivity contribution in [3.8, 4) is 0 Å². The maximum atomic E-state index is 14.1.